The van der Waals surface area contributed by atoms with Gasteiger partial charge in [-0.15, -0.1) is 0 Å². The molecule has 0 saturated carbocycles. The van der Waals surface area contributed by atoms with Crippen LogP contribution < -0.4 is 14.8 Å². The van der Waals surface area contributed by atoms with E-state index >= 15 is 0 Å². The predicted octanol–water partition coefficient (Wildman–Crippen LogP) is 2.28. The van der Waals surface area contributed by atoms with Crippen molar-refractivity contribution < 1.29 is 19.4 Å². The molecule has 0 unspecified atom stereocenters. The number of anilines is 1. The summed E-state index contributed by atoms with van der Waals surface area (Å²) in [5.74, 6) is 0.521. The minimum atomic E-state index is -0.999. The fourth-order valence-corrected chi connectivity index (χ4v) is 1.69. The number of pyridine rings is 1. The lowest BCUT2D eigenvalue weighted by Gasteiger charge is -2.09. The number of carboxylic acids is 1. The van der Waals surface area contributed by atoms with Crippen molar-refractivity contribution in [3.63, 3.8) is 0 Å². The van der Waals surface area contributed by atoms with Gasteiger partial charge in [-0.25, -0.2) is 4.79 Å². The molecule has 0 atom stereocenters. The molecule has 0 radical (unpaired) electrons. The van der Waals surface area contributed by atoms with Gasteiger partial charge >= 0.3 is 5.97 Å². The number of rotatable bonds is 7. The van der Waals surface area contributed by atoms with Crippen molar-refractivity contribution in [2.24, 2.45) is 0 Å². The Hall–Kier alpha value is -2.76. The van der Waals surface area contributed by atoms with Gasteiger partial charge in [0.1, 0.15) is 18.1 Å². The Morgan fingerprint density at radius 3 is 2.62 bits per heavy atom. The van der Waals surface area contributed by atoms with Crippen LogP contribution in [0.3, 0.4) is 0 Å². The van der Waals surface area contributed by atoms with Crippen LogP contribution in [0, 0.1) is 0 Å². The summed E-state index contributed by atoms with van der Waals surface area (Å²) >= 11 is 0. The summed E-state index contributed by atoms with van der Waals surface area (Å²) in [6.07, 6.45) is 2.88. The Labute approximate surface area is 122 Å². The Kier molecular flexibility index (Phi) is 4.98. The summed E-state index contributed by atoms with van der Waals surface area (Å²) in [6, 6.07) is 8.83. The number of benzene rings is 1. The van der Waals surface area contributed by atoms with Crippen molar-refractivity contribution >= 4 is 11.7 Å². The van der Waals surface area contributed by atoms with Crippen molar-refractivity contribution in [3.8, 4) is 11.5 Å². The summed E-state index contributed by atoms with van der Waals surface area (Å²) in [4.78, 5) is 14.7. The molecule has 21 heavy (non-hydrogen) atoms. The molecule has 6 nitrogen and oxygen atoms in total. The maximum Gasteiger partial charge on any atom is 0.337 e. The van der Waals surface area contributed by atoms with E-state index in [0.29, 0.717) is 18.8 Å². The van der Waals surface area contributed by atoms with E-state index in [1.807, 2.05) is 24.3 Å². The lowest BCUT2D eigenvalue weighted by molar-refractivity contribution is 0.0696. The van der Waals surface area contributed by atoms with Crippen LogP contribution in [0.5, 0.6) is 11.5 Å². The molecule has 2 N–H and O–H groups in total. The van der Waals surface area contributed by atoms with Gasteiger partial charge in [0.05, 0.1) is 18.4 Å². The molecular formula is C15H16N2O4. The minimum Gasteiger partial charge on any atom is -0.497 e. The quantitative estimate of drug-likeness (QED) is 0.761. The smallest absolute Gasteiger partial charge is 0.337 e. The van der Waals surface area contributed by atoms with Gasteiger partial charge in [0.25, 0.3) is 0 Å². The van der Waals surface area contributed by atoms with Crippen LogP contribution in [-0.4, -0.2) is 36.3 Å². The third-order valence-corrected chi connectivity index (χ3v) is 2.74. The van der Waals surface area contributed by atoms with Gasteiger partial charge in [0.15, 0.2) is 0 Å². The molecule has 0 bridgehead atoms. The first-order valence-electron chi connectivity index (χ1n) is 6.38. The number of aromatic nitrogens is 1. The molecule has 0 saturated heterocycles. The first-order valence-corrected chi connectivity index (χ1v) is 6.38. The molecule has 6 heteroatoms. The van der Waals surface area contributed by atoms with Crippen molar-refractivity contribution in [2.75, 3.05) is 25.6 Å². The normalized spacial score (nSPS) is 9.95. The second-order valence-electron chi connectivity index (χ2n) is 4.22. The van der Waals surface area contributed by atoms with E-state index < -0.39 is 5.97 Å². The van der Waals surface area contributed by atoms with E-state index in [-0.39, 0.29) is 5.56 Å². The first-order chi connectivity index (χ1) is 10.2. The van der Waals surface area contributed by atoms with Crippen molar-refractivity contribution in [2.45, 2.75) is 0 Å². The van der Waals surface area contributed by atoms with Gasteiger partial charge < -0.3 is 19.9 Å². The van der Waals surface area contributed by atoms with Gasteiger partial charge in [0.2, 0.25) is 0 Å². The fraction of sp³-hybridized carbons (Fsp3) is 0.200. The van der Waals surface area contributed by atoms with Gasteiger partial charge in [0, 0.05) is 18.9 Å². The molecular weight excluding hydrogens is 272 g/mol. The molecule has 2 rings (SSSR count). The highest BCUT2D eigenvalue weighted by Crippen LogP contribution is 2.16. The molecule has 110 valence electrons. The molecule has 0 aliphatic heterocycles. The molecule has 0 fully saturated rings. The second kappa shape index (κ2) is 7.14. The fourth-order valence-electron chi connectivity index (χ4n) is 1.69. The van der Waals surface area contributed by atoms with Crippen LogP contribution in [0.25, 0.3) is 0 Å². The van der Waals surface area contributed by atoms with E-state index in [1.54, 1.807) is 13.3 Å². The van der Waals surface area contributed by atoms with Crippen LogP contribution in [0.15, 0.2) is 42.7 Å². The van der Waals surface area contributed by atoms with Crippen molar-refractivity contribution in [1.29, 1.82) is 0 Å². The maximum atomic E-state index is 10.8. The van der Waals surface area contributed by atoms with Crippen LogP contribution in [0.4, 0.5) is 5.69 Å². The Balaban J connectivity index is 1.78. The number of aromatic carboxylic acids is 1. The highest BCUT2D eigenvalue weighted by Gasteiger charge is 2.03. The zero-order valence-corrected chi connectivity index (χ0v) is 11.6. The molecule has 0 aliphatic carbocycles. The number of methoxy groups -OCH3 is 1. The number of hydrogen-bond acceptors (Lipinski definition) is 5. The topological polar surface area (TPSA) is 80.7 Å². The van der Waals surface area contributed by atoms with Crippen LogP contribution in [-0.2, 0) is 0 Å². The molecule has 1 aromatic heterocycles. The number of carboxylic acid groups (broad SMARTS) is 1. The molecule has 2 aromatic rings. The highest BCUT2D eigenvalue weighted by atomic mass is 16.5. The maximum absolute atomic E-state index is 10.8. The molecule has 0 amide bonds. The van der Waals surface area contributed by atoms with Crippen LogP contribution in [0.2, 0.25) is 0 Å². The van der Waals surface area contributed by atoms with Crippen molar-refractivity contribution in [3.05, 3.63) is 48.3 Å². The lowest BCUT2D eigenvalue weighted by Crippen LogP contribution is -2.12. The Morgan fingerprint density at radius 1 is 1.24 bits per heavy atom. The van der Waals surface area contributed by atoms with Crippen molar-refractivity contribution in [1.82, 2.24) is 4.98 Å². The largest absolute Gasteiger partial charge is 0.497 e. The molecule has 1 heterocycles. The average Bonchev–Trinajstić information content (AvgIpc) is 2.52. The lowest BCUT2D eigenvalue weighted by atomic mass is 10.2. The number of nitrogens with zero attached hydrogens (tertiary/aromatic N) is 1. The first kappa shape index (κ1) is 14.6. The third kappa shape index (κ3) is 4.38. The Bertz CT molecular complexity index is 599. The third-order valence-electron chi connectivity index (χ3n) is 2.74. The number of hydrogen-bond donors (Lipinski definition) is 2. The SMILES string of the molecule is COc1ccc(OCCNc2cncc(C(=O)O)c2)cc1. The summed E-state index contributed by atoms with van der Waals surface area (Å²) in [6.45, 7) is 0.987. The molecule has 0 spiro atoms. The summed E-state index contributed by atoms with van der Waals surface area (Å²) in [7, 11) is 1.61. The van der Waals surface area contributed by atoms with E-state index in [9.17, 15) is 4.79 Å². The zero-order chi connectivity index (χ0) is 15.1. The number of ether oxygens (including phenoxy) is 2. The van der Waals surface area contributed by atoms with E-state index in [2.05, 4.69) is 10.3 Å². The summed E-state index contributed by atoms with van der Waals surface area (Å²) < 4.78 is 10.6. The van der Waals surface area contributed by atoms with Gasteiger partial charge in [-0.3, -0.25) is 4.98 Å². The minimum absolute atomic E-state index is 0.149. The van der Waals surface area contributed by atoms with E-state index in [1.165, 1.54) is 12.3 Å². The van der Waals surface area contributed by atoms with Crippen LogP contribution in [0.1, 0.15) is 10.4 Å². The predicted molar refractivity (Wildman–Crippen MR) is 78.2 cm³/mol. The summed E-state index contributed by atoms with van der Waals surface area (Å²) in [5, 5.41) is 11.9. The van der Waals surface area contributed by atoms with Gasteiger partial charge in [-0.05, 0) is 30.3 Å². The monoisotopic (exact) mass is 288 g/mol. The number of carbonyl (C=O) groups is 1. The highest BCUT2D eigenvalue weighted by molar-refractivity contribution is 5.88. The van der Waals surface area contributed by atoms with Crippen LogP contribution >= 0.6 is 0 Å². The second-order valence-corrected chi connectivity index (χ2v) is 4.22. The standard InChI is InChI=1S/C15H16N2O4/c1-20-13-2-4-14(5-3-13)21-7-6-17-12-8-11(15(18)19)9-16-10-12/h2-5,8-10,17H,6-7H2,1H3,(H,18,19). The van der Waals surface area contributed by atoms with Gasteiger partial charge in [-0.2, -0.15) is 0 Å². The number of nitrogens with one attached hydrogen (secondary N) is 1. The van der Waals surface area contributed by atoms with Gasteiger partial charge in [-0.1, -0.05) is 0 Å². The van der Waals surface area contributed by atoms with E-state index in [4.69, 9.17) is 14.6 Å². The average molecular weight is 288 g/mol. The summed E-state index contributed by atoms with van der Waals surface area (Å²) in [5.41, 5.74) is 0.796. The Morgan fingerprint density at radius 2 is 1.95 bits per heavy atom. The van der Waals surface area contributed by atoms with E-state index in [0.717, 1.165) is 11.5 Å². The molecule has 0 aliphatic rings. The molecule has 1 aromatic carbocycles. The zero-order valence-electron chi connectivity index (χ0n) is 11.6.